The second kappa shape index (κ2) is 6.63. The van der Waals surface area contributed by atoms with Gasteiger partial charge in [-0.05, 0) is 52.9 Å². The van der Waals surface area contributed by atoms with Crippen molar-refractivity contribution in [3.63, 3.8) is 0 Å². The van der Waals surface area contributed by atoms with Crippen molar-refractivity contribution in [3.05, 3.63) is 60.7 Å². The number of nitro benzene ring substituents is 1. The molecule has 0 radical (unpaired) electrons. The molecular weight excluding hydrogens is 429 g/mol. The fraction of sp³-hybridized carbons (Fsp3) is 0. The summed E-state index contributed by atoms with van der Waals surface area (Å²) in [5, 5.41) is 20.2. The van der Waals surface area contributed by atoms with Crippen molar-refractivity contribution in [2.75, 3.05) is 0 Å². The number of carbonyl (C=O) groups is 1. The van der Waals surface area contributed by atoms with Crippen LogP contribution in [-0.2, 0) is 0 Å². The minimum atomic E-state index is -1.14. The Bertz CT molecular complexity index is 738. The Balaban J connectivity index is 2.41. The Hall–Kier alpha value is -1.32. The van der Waals surface area contributed by atoms with E-state index in [2.05, 4.69) is 0 Å². The van der Waals surface area contributed by atoms with E-state index in [1.54, 1.807) is 18.2 Å². The van der Waals surface area contributed by atoms with E-state index in [0.29, 0.717) is 9.79 Å². The average Bonchev–Trinajstić information content (AvgIpc) is 2.42. The number of rotatable bonds is 4. The highest BCUT2D eigenvalue weighted by Gasteiger charge is 2.17. The number of hydrogen-bond acceptors (Lipinski definition) is 4. The molecule has 108 valence electrons. The number of nitro groups is 1. The van der Waals surface area contributed by atoms with Crippen LogP contribution in [0.5, 0.6) is 0 Å². The van der Waals surface area contributed by atoms with Crippen LogP contribution in [0, 0.1) is 13.7 Å². The van der Waals surface area contributed by atoms with Crippen molar-refractivity contribution >= 4 is 57.6 Å². The summed E-state index contributed by atoms with van der Waals surface area (Å²) in [6, 6.07) is 9.35. The molecular formula is C13H7ClINO4S. The van der Waals surface area contributed by atoms with Gasteiger partial charge in [0.2, 0.25) is 0 Å². The third-order valence-electron chi connectivity index (χ3n) is 2.51. The van der Waals surface area contributed by atoms with E-state index < -0.39 is 10.9 Å². The number of hydrogen-bond donors (Lipinski definition) is 1. The molecule has 0 saturated heterocycles. The third kappa shape index (κ3) is 3.86. The van der Waals surface area contributed by atoms with E-state index in [9.17, 15) is 14.9 Å². The maximum absolute atomic E-state index is 11.1. The van der Waals surface area contributed by atoms with Crippen molar-refractivity contribution in [2.45, 2.75) is 9.79 Å². The van der Waals surface area contributed by atoms with Gasteiger partial charge in [-0.3, -0.25) is 10.1 Å². The average molecular weight is 436 g/mol. The zero-order valence-corrected chi connectivity index (χ0v) is 14.0. The molecule has 0 fully saturated rings. The van der Waals surface area contributed by atoms with Crippen LogP contribution in [0.1, 0.15) is 10.4 Å². The number of aromatic carboxylic acids is 1. The summed E-state index contributed by atoms with van der Waals surface area (Å²) in [6.07, 6.45) is 0. The summed E-state index contributed by atoms with van der Waals surface area (Å²) in [5.74, 6) is -1.14. The highest BCUT2D eigenvalue weighted by Crippen LogP contribution is 2.36. The first kappa shape index (κ1) is 16.1. The van der Waals surface area contributed by atoms with Crippen LogP contribution in [0.15, 0.2) is 46.2 Å². The van der Waals surface area contributed by atoms with Gasteiger partial charge in [0.1, 0.15) is 0 Å². The zero-order chi connectivity index (χ0) is 15.6. The molecule has 0 heterocycles. The van der Waals surface area contributed by atoms with Crippen LogP contribution in [0.2, 0.25) is 5.02 Å². The molecule has 0 unspecified atom stereocenters. The fourth-order valence-corrected chi connectivity index (χ4v) is 3.19. The molecule has 0 saturated carbocycles. The smallest absolute Gasteiger partial charge is 0.337 e. The SMILES string of the molecule is O=C(O)c1cc(Sc2ccc(I)cc2[N+](=O)[O-])ccc1Cl. The maximum Gasteiger partial charge on any atom is 0.337 e. The third-order valence-corrected chi connectivity index (χ3v) is 4.57. The molecule has 0 bridgehead atoms. The first-order valence-corrected chi connectivity index (χ1v) is 7.80. The predicted molar refractivity (Wildman–Crippen MR) is 88.3 cm³/mol. The van der Waals surface area contributed by atoms with Crippen LogP contribution in [-0.4, -0.2) is 16.0 Å². The molecule has 0 aromatic heterocycles. The van der Waals surface area contributed by atoms with E-state index >= 15 is 0 Å². The van der Waals surface area contributed by atoms with Crippen LogP contribution in [0.25, 0.3) is 0 Å². The second-order valence-electron chi connectivity index (χ2n) is 3.92. The van der Waals surface area contributed by atoms with Crippen LogP contribution in [0.4, 0.5) is 5.69 Å². The monoisotopic (exact) mass is 435 g/mol. The normalized spacial score (nSPS) is 10.4. The molecule has 0 aliphatic heterocycles. The minimum Gasteiger partial charge on any atom is -0.478 e. The molecule has 0 aliphatic rings. The number of carboxylic acids is 1. The van der Waals surface area contributed by atoms with E-state index in [1.807, 2.05) is 22.6 Å². The van der Waals surface area contributed by atoms with Crippen LogP contribution < -0.4 is 0 Å². The Morgan fingerprint density at radius 1 is 1.29 bits per heavy atom. The molecule has 0 spiro atoms. The van der Waals surface area contributed by atoms with E-state index in [0.717, 1.165) is 15.3 Å². The van der Waals surface area contributed by atoms with Crippen molar-refractivity contribution in [3.8, 4) is 0 Å². The van der Waals surface area contributed by atoms with Gasteiger partial charge in [0.05, 0.1) is 20.4 Å². The largest absolute Gasteiger partial charge is 0.478 e. The van der Waals surface area contributed by atoms with Crippen LogP contribution in [0.3, 0.4) is 0 Å². The quantitative estimate of drug-likeness (QED) is 0.428. The topological polar surface area (TPSA) is 80.4 Å². The maximum atomic E-state index is 11.1. The molecule has 0 atom stereocenters. The van der Waals surface area contributed by atoms with Crippen molar-refractivity contribution in [1.29, 1.82) is 0 Å². The van der Waals surface area contributed by atoms with Crippen molar-refractivity contribution in [2.24, 2.45) is 0 Å². The lowest BCUT2D eigenvalue weighted by Crippen LogP contribution is -1.97. The number of nitrogens with zero attached hydrogens (tertiary/aromatic N) is 1. The van der Waals surface area contributed by atoms with Gasteiger partial charge in [0.25, 0.3) is 5.69 Å². The Labute approximate surface area is 142 Å². The Morgan fingerprint density at radius 3 is 2.62 bits per heavy atom. The Kier molecular flexibility index (Phi) is 5.07. The van der Waals surface area contributed by atoms with Gasteiger partial charge >= 0.3 is 5.97 Å². The van der Waals surface area contributed by atoms with E-state index in [1.165, 1.54) is 18.2 Å². The lowest BCUT2D eigenvalue weighted by molar-refractivity contribution is -0.387. The van der Waals surface area contributed by atoms with Gasteiger partial charge in [-0.25, -0.2) is 4.79 Å². The lowest BCUT2D eigenvalue weighted by atomic mass is 10.2. The number of benzene rings is 2. The molecule has 21 heavy (non-hydrogen) atoms. The van der Waals surface area contributed by atoms with Crippen LogP contribution >= 0.6 is 46.0 Å². The first-order valence-electron chi connectivity index (χ1n) is 5.53. The number of halogens is 2. The van der Waals surface area contributed by atoms with E-state index in [-0.39, 0.29) is 16.3 Å². The molecule has 2 aromatic carbocycles. The lowest BCUT2D eigenvalue weighted by Gasteiger charge is -2.05. The van der Waals surface area contributed by atoms with Gasteiger partial charge < -0.3 is 5.11 Å². The summed E-state index contributed by atoms with van der Waals surface area (Å²) in [6.45, 7) is 0. The van der Waals surface area contributed by atoms with Gasteiger partial charge in [-0.15, -0.1) is 0 Å². The number of carboxylic acid groups (broad SMARTS) is 1. The van der Waals surface area contributed by atoms with Crippen molar-refractivity contribution < 1.29 is 14.8 Å². The summed E-state index contributed by atoms with van der Waals surface area (Å²) in [7, 11) is 0. The predicted octanol–water partition coefficient (Wildman–Crippen LogP) is 4.70. The first-order chi connectivity index (χ1) is 9.88. The molecule has 2 aromatic rings. The zero-order valence-electron chi connectivity index (χ0n) is 10.2. The summed E-state index contributed by atoms with van der Waals surface area (Å²) in [5.41, 5.74) is -0.0476. The van der Waals surface area contributed by atoms with Gasteiger partial charge in [0.15, 0.2) is 0 Å². The summed E-state index contributed by atoms with van der Waals surface area (Å²) < 4.78 is 0.756. The van der Waals surface area contributed by atoms with Gasteiger partial charge in [-0.2, -0.15) is 0 Å². The fourth-order valence-electron chi connectivity index (χ4n) is 1.58. The summed E-state index contributed by atoms with van der Waals surface area (Å²) in [4.78, 5) is 22.7. The van der Waals surface area contributed by atoms with Crippen molar-refractivity contribution in [1.82, 2.24) is 0 Å². The second-order valence-corrected chi connectivity index (χ2v) is 6.69. The molecule has 0 aliphatic carbocycles. The highest BCUT2D eigenvalue weighted by molar-refractivity contribution is 14.1. The standard InChI is InChI=1S/C13H7ClINO4S/c14-10-3-2-8(6-9(10)13(17)18)21-12-4-1-7(15)5-11(12)16(19)20/h1-6H,(H,17,18). The summed E-state index contributed by atoms with van der Waals surface area (Å²) >= 11 is 8.92. The molecule has 2 rings (SSSR count). The Morgan fingerprint density at radius 2 is 2.00 bits per heavy atom. The molecule has 1 N–H and O–H groups in total. The van der Waals surface area contributed by atoms with Gasteiger partial charge in [0, 0.05) is 14.5 Å². The molecule has 8 heteroatoms. The highest BCUT2D eigenvalue weighted by atomic mass is 127. The molecule has 0 amide bonds. The minimum absolute atomic E-state index is 0.0151. The van der Waals surface area contributed by atoms with E-state index in [4.69, 9.17) is 16.7 Å². The molecule has 5 nitrogen and oxygen atoms in total. The van der Waals surface area contributed by atoms with Gasteiger partial charge in [-0.1, -0.05) is 23.4 Å².